The summed E-state index contributed by atoms with van der Waals surface area (Å²) in [6.45, 7) is 0. The SMILES string of the molecule is [C]#Cc1ccccc1.[LiH]. The Kier molecular flexibility index (Phi) is 3.98. The molecule has 0 heterocycles. The molecule has 1 aromatic carbocycles. The predicted octanol–water partition coefficient (Wildman–Crippen LogP) is 0.976. The van der Waals surface area contributed by atoms with Crippen LogP contribution in [0.1, 0.15) is 5.56 Å². The van der Waals surface area contributed by atoms with Crippen molar-refractivity contribution in [1.82, 2.24) is 0 Å². The van der Waals surface area contributed by atoms with Gasteiger partial charge in [0.1, 0.15) is 0 Å². The topological polar surface area (TPSA) is 0 Å². The van der Waals surface area contributed by atoms with Crippen molar-refractivity contribution >= 4 is 18.9 Å². The molecule has 0 aliphatic carbocycles. The molecule has 0 saturated heterocycles. The molecular formula is C8H6Li. The predicted molar refractivity (Wildman–Crippen MR) is 39.8 cm³/mol. The summed E-state index contributed by atoms with van der Waals surface area (Å²) in [4.78, 5) is 0. The first-order valence-electron chi connectivity index (χ1n) is 2.41. The molecule has 39 valence electrons. The second-order valence-electron chi connectivity index (χ2n) is 1.49. The summed E-state index contributed by atoms with van der Waals surface area (Å²) in [5, 5.41) is 0. The van der Waals surface area contributed by atoms with Gasteiger partial charge < -0.3 is 0 Å². The first-order valence-corrected chi connectivity index (χ1v) is 2.41. The molecule has 0 saturated carbocycles. The van der Waals surface area contributed by atoms with E-state index in [-0.39, 0.29) is 18.9 Å². The fourth-order valence-corrected chi connectivity index (χ4v) is 0.521. The maximum absolute atomic E-state index is 6.69. The Morgan fingerprint density at radius 2 is 1.67 bits per heavy atom. The molecule has 0 unspecified atom stereocenters. The van der Waals surface area contributed by atoms with Crippen molar-refractivity contribution in [3.05, 3.63) is 42.3 Å². The summed E-state index contributed by atoms with van der Waals surface area (Å²) >= 11 is 0. The van der Waals surface area contributed by atoms with Crippen molar-refractivity contribution in [3.63, 3.8) is 0 Å². The molecule has 0 aliphatic heterocycles. The van der Waals surface area contributed by atoms with E-state index >= 15 is 0 Å². The molecule has 1 radical (unpaired) electrons. The van der Waals surface area contributed by atoms with Gasteiger partial charge in [0.2, 0.25) is 0 Å². The van der Waals surface area contributed by atoms with Crippen LogP contribution < -0.4 is 0 Å². The minimum atomic E-state index is 0. The quantitative estimate of drug-likeness (QED) is 0.344. The maximum atomic E-state index is 6.69. The Hall–Kier alpha value is -0.623. The molecule has 0 bridgehead atoms. The van der Waals surface area contributed by atoms with Crippen molar-refractivity contribution in [1.29, 1.82) is 0 Å². The van der Waals surface area contributed by atoms with Crippen LogP contribution in [0.15, 0.2) is 30.3 Å². The molecule has 0 aromatic heterocycles. The van der Waals surface area contributed by atoms with Gasteiger partial charge >= 0.3 is 18.9 Å². The molecule has 0 N–H and O–H groups in total. The average molecular weight is 109 g/mol. The molecule has 0 nitrogen and oxygen atoms in total. The molecular weight excluding hydrogens is 103 g/mol. The van der Waals surface area contributed by atoms with Crippen LogP contribution in [0.5, 0.6) is 0 Å². The van der Waals surface area contributed by atoms with Crippen LogP contribution in [0.3, 0.4) is 0 Å². The Morgan fingerprint density at radius 3 is 2.00 bits per heavy atom. The Labute approximate surface area is 67.5 Å². The van der Waals surface area contributed by atoms with Crippen molar-refractivity contribution < 1.29 is 0 Å². The van der Waals surface area contributed by atoms with Crippen molar-refractivity contribution in [3.8, 4) is 5.92 Å². The zero-order valence-corrected chi connectivity index (χ0v) is 4.39. The van der Waals surface area contributed by atoms with E-state index in [4.69, 9.17) is 6.42 Å². The van der Waals surface area contributed by atoms with Crippen LogP contribution in [0, 0.1) is 12.3 Å². The number of hydrogen-bond acceptors (Lipinski definition) is 0. The Bertz CT molecular complexity index is 196. The summed E-state index contributed by atoms with van der Waals surface area (Å²) in [6, 6.07) is 9.37. The van der Waals surface area contributed by atoms with Crippen LogP contribution in [-0.2, 0) is 0 Å². The van der Waals surface area contributed by atoms with Gasteiger partial charge in [0.05, 0.1) is 0 Å². The second-order valence-corrected chi connectivity index (χ2v) is 1.49. The van der Waals surface area contributed by atoms with E-state index in [2.05, 4.69) is 5.92 Å². The summed E-state index contributed by atoms with van der Waals surface area (Å²) < 4.78 is 0. The van der Waals surface area contributed by atoms with Gasteiger partial charge in [-0.15, -0.1) is 0 Å². The monoisotopic (exact) mass is 109 g/mol. The van der Waals surface area contributed by atoms with Gasteiger partial charge in [-0.25, -0.2) is 0 Å². The normalized spacial score (nSPS) is 7.00. The van der Waals surface area contributed by atoms with E-state index in [9.17, 15) is 0 Å². The van der Waals surface area contributed by atoms with Gasteiger partial charge in [0.15, 0.2) is 0 Å². The van der Waals surface area contributed by atoms with Crippen molar-refractivity contribution in [2.45, 2.75) is 0 Å². The summed E-state index contributed by atoms with van der Waals surface area (Å²) in [6.07, 6.45) is 6.69. The number of hydrogen-bond donors (Lipinski definition) is 0. The molecule has 1 aromatic rings. The van der Waals surface area contributed by atoms with Gasteiger partial charge in [-0.05, 0) is 18.6 Å². The minimum absolute atomic E-state index is 0. The third kappa shape index (κ3) is 2.43. The fraction of sp³-hybridized carbons (Fsp3) is 0. The molecule has 1 heteroatoms. The van der Waals surface area contributed by atoms with Gasteiger partial charge in [-0.1, -0.05) is 24.1 Å². The third-order valence-electron chi connectivity index (χ3n) is 0.918. The van der Waals surface area contributed by atoms with Crippen molar-refractivity contribution in [2.75, 3.05) is 0 Å². The van der Waals surface area contributed by atoms with Gasteiger partial charge in [0.25, 0.3) is 0 Å². The zero-order chi connectivity index (χ0) is 5.82. The van der Waals surface area contributed by atoms with Crippen LogP contribution in [-0.4, -0.2) is 18.9 Å². The standard InChI is InChI=1S/C8H5.Li.H/c1-2-8-6-4-3-5-7-8;;/h3-7H;;. The van der Waals surface area contributed by atoms with E-state index in [1.807, 2.05) is 30.3 Å². The van der Waals surface area contributed by atoms with Gasteiger partial charge in [-0.2, -0.15) is 0 Å². The molecule has 0 fully saturated rings. The molecule has 0 amide bonds. The molecule has 1 rings (SSSR count). The van der Waals surface area contributed by atoms with E-state index in [0.717, 1.165) is 5.56 Å². The van der Waals surface area contributed by atoms with Crippen LogP contribution in [0.25, 0.3) is 0 Å². The first-order chi connectivity index (χ1) is 3.93. The summed E-state index contributed by atoms with van der Waals surface area (Å²) in [7, 11) is 0. The van der Waals surface area contributed by atoms with Gasteiger partial charge in [-0.3, -0.25) is 0 Å². The van der Waals surface area contributed by atoms with E-state index in [0.29, 0.717) is 0 Å². The fourth-order valence-electron chi connectivity index (χ4n) is 0.521. The van der Waals surface area contributed by atoms with E-state index in [1.54, 1.807) is 0 Å². The Balaban J connectivity index is 0.000000640. The van der Waals surface area contributed by atoms with Crippen LogP contribution >= 0.6 is 0 Å². The molecule has 0 atom stereocenters. The average Bonchev–Trinajstić information content (AvgIpc) is 1.90. The van der Waals surface area contributed by atoms with Crippen LogP contribution in [0.2, 0.25) is 0 Å². The molecule has 0 spiro atoms. The number of rotatable bonds is 0. The summed E-state index contributed by atoms with van der Waals surface area (Å²) in [5.74, 6) is 2.28. The van der Waals surface area contributed by atoms with Gasteiger partial charge in [0, 0.05) is 5.56 Å². The third-order valence-corrected chi connectivity index (χ3v) is 0.918. The number of benzene rings is 1. The van der Waals surface area contributed by atoms with E-state index < -0.39 is 0 Å². The van der Waals surface area contributed by atoms with E-state index in [1.165, 1.54) is 0 Å². The van der Waals surface area contributed by atoms with Crippen LogP contribution in [0.4, 0.5) is 0 Å². The zero-order valence-electron chi connectivity index (χ0n) is 4.39. The Morgan fingerprint density at radius 1 is 1.11 bits per heavy atom. The summed E-state index contributed by atoms with van der Waals surface area (Å²) in [5.41, 5.74) is 0.826. The first kappa shape index (κ1) is 8.38. The van der Waals surface area contributed by atoms with Crippen molar-refractivity contribution in [2.24, 2.45) is 0 Å². The molecule has 0 aliphatic rings. The molecule has 9 heavy (non-hydrogen) atoms. The second kappa shape index (κ2) is 4.28.